The van der Waals surface area contributed by atoms with Gasteiger partial charge in [-0.2, -0.15) is 0 Å². The highest BCUT2D eigenvalue weighted by Crippen LogP contribution is 2.39. The number of oxazole rings is 1. The van der Waals surface area contributed by atoms with Gasteiger partial charge in [0, 0.05) is 11.3 Å². The number of ether oxygens (including phenoxy) is 3. The number of anilines is 1. The van der Waals surface area contributed by atoms with Gasteiger partial charge >= 0.3 is 0 Å². The van der Waals surface area contributed by atoms with Crippen LogP contribution < -0.4 is 19.5 Å². The van der Waals surface area contributed by atoms with Crippen molar-refractivity contribution >= 4 is 22.7 Å². The molecule has 0 radical (unpaired) electrons. The van der Waals surface area contributed by atoms with E-state index < -0.39 is 5.82 Å². The lowest BCUT2D eigenvalue weighted by atomic mass is 10.1. The van der Waals surface area contributed by atoms with Crippen molar-refractivity contribution < 1.29 is 27.8 Å². The molecule has 34 heavy (non-hydrogen) atoms. The number of fused-ring (bicyclic) bond motifs is 1. The maximum absolute atomic E-state index is 14.1. The lowest BCUT2D eigenvalue weighted by Gasteiger charge is -2.17. The standard InChI is InChI=1S/C26H25FN2O5/c1-4-31-22-13-16(14-23(32-5-2)24(22)33-6-3)25(30)28-17-11-12-21-20(15-17)29-26(34-21)18-9-7-8-10-19(18)27/h7-15H,4-6H2,1-3H3,(H,28,30). The van der Waals surface area contributed by atoms with E-state index >= 15 is 0 Å². The second-order valence-corrected chi connectivity index (χ2v) is 7.24. The fourth-order valence-electron chi connectivity index (χ4n) is 3.48. The molecule has 3 aromatic carbocycles. The lowest BCUT2D eigenvalue weighted by Crippen LogP contribution is -2.13. The van der Waals surface area contributed by atoms with E-state index in [1.165, 1.54) is 6.07 Å². The van der Waals surface area contributed by atoms with Gasteiger partial charge in [0.15, 0.2) is 17.1 Å². The van der Waals surface area contributed by atoms with Gasteiger partial charge in [-0.1, -0.05) is 12.1 Å². The largest absolute Gasteiger partial charge is 0.490 e. The molecule has 4 aromatic rings. The van der Waals surface area contributed by atoms with E-state index in [0.29, 0.717) is 59.4 Å². The second-order valence-electron chi connectivity index (χ2n) is 7.24. The number of halogens is 1. The van der Waals surface area contributed by atoms with E-state index in [4.69, 9.17) is 18.6 Å². The summed E-state index contributed by atoms with van der Waals surface area (Å²) in [6.45, 7) is 6.81. The molecule has 7 nitrogen and oxygen atoms in total. The van der Waals surface area contributed by atoms with Crippen LogP contribution in [0, 0.1) is 5.82 Å². The average molecular weight is 464 g/mol. The maximum atomic E-state index is 14.1. The van der Waals surface area contributed by atoms with E-state index in [2.05, 4.69) is 10.3 Å². The molecule has 0 aliphatic rings. The molecular weight excluding hydrogens is 439 g/mol. The van der Waals surface area contributed by atoms with E-state index in [0.717, 1.165) is 0 Å². The zero-order valence-corrected chi connectivity index (χ0v) is 19.2. The van der Waals surface area contributed by atoms with Crippen molar-refractivity contribution in [3.63, 3.8) is 0 Å². The Morgan fingerprint density at radius 3 is 2.26 bits per heavy atom. The van der Waals surface area contributed by atoms with E-state index in [9.17, 15) is 9.18 Å². The summed E-state index contributed by atoms with van der Waals surface area (Å²) in [7, 11) is 0. The number of nitrogens with zero attached hydrogens (tertiary/aromatic N) is 1. The summed E-state index contributed by atoms with van der Waals surface area (Å²) in [5.41, 5.74) is 2.10. The Kier molecular flexibility index (Phi) is 6.96. The third-order valence-electron chi connectivity index (χ3n) is 4.92. The fraction of sp³-hybridized carbons (Fsp3) is 0.231. The van der Waals surface area contributed by atoms with Crippen molar-refractivity contribution in [3.8, 4) is 28.7 Å². The highest BCUT2D eigenvalue weighted by molar-refractivity contribution is 6.05. The molecule has 8 heteroatoms. The SMILES string of the molecule is CCOc1cc(C(=O)Nc2ccc3oc(-c4ccccc4F)nc3c2)cc(OCC)c1OCC. The number of carbonyl (C=O) groups excluding carboxylic acids is 1. The number of nitrogens with one attached hydrogen (secondary N) is 1. The Hall–Kier alpha value is -4.07. The van der Waals surface area contributed by atoms with Crippen molar-refractivity contribution in [3.05, 3.63) is 66.0 Å². The van der Waals surface area contributed by atoms with E-state index in [-0.39, 0.29) is 17.4 Å². The highest BCUT2D eigenvalue weighted by Gasteiger charge is 2.19. The zero-order chi connectivity index (χ0) is 24.1. The molecule has 0 aliphatic heterocycles. The van der Waals surface area contributed by atoms with Crippen LogP contribution in [-0.2, 0) is 0 Å². The van der Waals surface area contributed by atoms with Crippen LogP contribution in [0.2, 0.25) is 0 Å². The Labute approximate surface area is 196 Å². The normalized spacial score (nSPS) is 10.8. The van der Waals surface area contributed by atoms with Crippen molar-refractivity contribution in [2.45, 2.75) is 20.8 Å². The number of benzene rings is 3. The van der Waals surface area contributed by atoms with Gasteiger partial charge in [-0.25, -0.2) is 9.37 Å². The predicted molar refractivity (Wildman–Crippen MR) is 127 cm³/mol. The number of hydrogen-bond acceptors (Lipinski definition) is 6. The van der Waals surface area contributed by atoms with Gasteiger partial charge < -0.3 is 23.9 Å². The Bertz CT molecular complexity index is 1290. The molecule has 4 rings (SSSR count). The van der Waals surface area contributed by atoms with Gasteiger partial charge in [0.1, 0.15) is 11.3 Å². The quantitative estimate of drug-likeness (QED) is 0.323. The summed E-state index contributed by atoms with van der Waals surface area (Å²) in [5, 5.41) is 2.85. The Morgan fingerprint density at radius 2 is 1.62 bits per heavy atom. The summed E-state index contributed by atoms with van der Waals surface area (Å²) < 4.78 is 36.9. The van der Waals surface area contributed by atoms with Crippen LogP contribution in [0.5, 0.6) is 17.2 Å². The molecule has 1 N–H and O–H groups in total. The molecule has 0 saturated carbocycles. The van der Waals surface area contributed by atoms with Gasteiger partial charge in [0.2, 0.25) is 11.6 Å². The van der Waals surface area contributed by atoms with Crippen LogP contribution in [0.3, 0.4) is 0 Å². The molecule has 1 amide bonds. The highest BCUT2D eigenvalue weighted by atomic mass is 19.1. The molecule has 1 aromatic heterocycles. The number of rotatable bonds is 9. The van der Waals surface area contributed by atoms with Crippen LogP contribution in [0.15, 0.2) is 59.0 Å². The van der Waals surface area contributed by atoms with Gasteiger partial charge in [0.25, 0.3) is 5.91 Å². The van der Waals surface area contributed by atoms with Crippen molar-refractivity contribution in [2.75, 3.05) is 25.1 Å². The second kappa shape index (κ2) is 10.2. The molecule has 0 aliphatic carbocycles. The average Bonchev–Trinajstić information content (AvgIpc) is 3.24. The molecule has 176 valence electrons. The fourth-order valence-corrected chi connectivity index (χ4v) is 3.48. The van der Waals surface area contributed by atoms with Crippen molar-refractivity contribution in [1.82, 2.24) is 4.98 Å². The first-order chi connectivity index (χ1) is 16.5. The van der Waals surface area contributed by atoms with Gasteiger partial charge in [-0.15, -0.1) is 0 Å². The number of aromatic nitrogens is 1. The Morgan fingerprint density at radius 1 is 0.941 bits per heavy atom. The van der Waals surface area contributed by atoms with Crippen LogP contribution >= 0.6 is 0 Å². The van der Waals surface area contributed by atoms with E-state index in [1.54, 1.807) is 48.5 Å². The molecule has 0 saturated heterocycles. The molecule has 1 heterocycles. The minimum atomic E-state index is -0.423. The molecule has 0 unspecified atom stereocenters. The zero-order valence-electron chi connectivity index (χ0n) is 19.2. The predicted octanol–water partition coefficient (Wildman–Crippen LogP) is 6.08. The van der Waals surface area contributed by atoms with Crippen LogP contribution in [-0.4, -0.2) is 30.7 Å². The molecular formula is C26H25FN2O5. The van der Waals surface area contributed by atoms with Crippen LogP contribution in [0.1, 0.15) is 31.1 Å². The number of amides is 1. The first kappa shape index (κ1) is 23.1. The summed E-state index contributed by atoms with van der Waals surface area (Å²) in [6, 6.07) is 14.5. The van der Waals surface area contributed by atoms with Gasteiger partial charge in [-0.3, -0.25) is 4.79 Å². The minimum absolute atomic E-state index is 0.172. The third kappa shape index (κ3) is 4.80. The maximum Gasteiger partial charge on any atom is 0.255 e. The van der Waals surface area contributed by atoms with Crippen LogP contribution in [0.4, 0.5) is 10.1 Å². The van der Waals surface area contributed by atoms with Crippen LogP contribution in [0.25, 0.3) is 22.6 Å². The van der Waals surface area contributed by atoms with Crippen molar-refractivity contribution in [1.29, 1.82) is 0 Å². The minimum Gasteiger partial charge on any atom is -0.490 e. The monoisotopic (exact) mass is 464 g/mol. The molecule has 0 fully saturated rings. The summed E-state index contributed by atoms with van der Waals surface area (Å²) in [4.78, 5) is 17.4. The topological polar surface area (TPSA) is 82.8 Å². The lowest BCUT2D eigenvalue weighted by molar-refractivity contribution is 0.102. The number of hydrogen-bond donors (Lipinski definition) is 1. The van der Waals surface area contributed by atoms with Crippen molar-refractivity contribution in [2.24, 2.45) is 0 Å². The van der Waals surface area contributed by atoms with Gasteiger partial charge in [0.05, 0.1) is 25.4 Å². The molecule has 0 bridgehead atoms. The smallest absolute Gasteiger partial charge is 0.255 e. The molecule has 0 atom stereocenters. The molecule has 0 spiro atoms. The Balaban J connectivity index is 1.63. The third-order valence-corrected chi connectivity index (χ3v) is 4.92. The van der Waals surface area contributed by atoms with Gasteiger partial charge in [-0.05, 0) is 63.2 Å². The summed E-state index contributed by atoms with van der Waals surface area (Å²) >= 11 is 0. The summed E-state index contributed by atoms with van der Waals surface area (Å²) in [5.74, 6) is 0.720. The first-order valence-electron chi connectivity index (χ1n) is 11.1. The first-order valence-corrected chi connectivity index (χ1v) is 11.1. The number of carbonyl (C=O) groups is 1. The summed E-state index contributed by atoms with van der Waals surface area (Å²) in [6.07, 6.45) is 0. The van der Waals surface area contributed by atoms with E-state index in [1.807, 2.05) is 20.8 Å².